The van der Waals surface area contributed by atoms with E-state index in [4.69, 9.17) is 15.5 Å². The number of ether oxygens (including phenoxy) is 1. The quantitative estimate of drug-likeness (QED) is 0.755. The molecule has 0 bridgehead atoms. The minimum Gasteiger partial charge on any atom is -0.444 e. The predicted molar refractivity (Wildman–Crippen MR) is 67.8 cm³/mol. The molecule has 0 radical (unpaired) electrons. The van der Waals surface area contributed by atoms with Crippen molar-refractivity contribution in [3.8, 4) is 0 Å². The summed E-state index contributed by atoms with van der Waals surface area (Å²) in [5, 5.41) is 3.08. The smallest absolute Gasteiger partial charge is 0.408 e. The molecule has 0 atom stereocenters. The monoisotopic (exact) mass is 256 g/mol. The Bertz CT molecular complexity index is 328. The number of alkyl carbamates (subject to hydrolysis) is 1. The number of nitrogens with one attached hydrogen (secondary N) is 1. The SMILES string of the molecule is CC(C)(C)OC(=O)NC1(C2(CON)CC2)CCC1. The van der Waals surface area contributed by atoms with Crippen molar-refractivity contribution in [3.05, 3.63) is 0 Å². The molecule has 2 rings (SSSR count). The molecule has 2 aliphatic rings. The van der Waals surface area contributed by atoms with Crippen molar-refractivity contribution < 1.29 is 14.4 Å². The molecule has 2 aliphatic carbocycles. The molecule has 2 saturated carbocycles. The van der Waals surface area contributed by atoms with E-state index in [2.05, 4.69) is 5.32 Å². The van der Waals surface area contributed by atoms with Crippen LogP contribution in [0.15, 0.2) is 0 Å². The van der Waals surface area contributed by atoms with E-state index in [9.17, 15) is 4.79 Å². The van der Waals surface area contributed by atoms with Gasteiger partial charge in [-0.05, 0) is 52.9 Å². The fourth-order valence-electron chi connectivity index (χ4n) is 2.89. The Morgan fingerprint density at radius 1 is 1.28 bits per heavy atom. The first-order valence-electron chi connectivity index (χ1n) is 6.65. The number of carbonyl (C=O) groups excluding carboxylic acids is 1. The summed E-state index contributed by atoms with van der Waals surface area (Å²) in [7, 11) is 0. The van der Waals surface area contributed by atoms with Gasteiger partial charge in [0.2, 0.25) is 0 Å². The van der Waals surface area contributed by atoms with Crippen LogP contribution in [0, 0.1) is 5.41 Å². The van der Waals surface area contributed by atoms with Gasteiger partial charge in [-0.2, -0.15) is 0 Å². The summed E-state index contributed by atoms with van der Waals surface area (Å²) in [6.07, 6.45) is 4.94. The van der Waals surface area contributed by atoms with Crippen LogP contribution in [0.4, 0.5) is 4.79 Å². The van der Waals surface area contributed by atoms with E-state index >= 15 is 0 Å². The fraction of sp³-hybridized carbons (Fsp3) is 0.923. The van der Waals surface area contributed by atoms with Crippen LogP contribution in [-0.4, -0.2) is 23.8 Å². The number of rotatable bonds is 4. The molecular formula is C13H24N2O3. The molecule has 3 N–H and O–H groups in total. The second kappa shape index (κ2) is 4.38. The van der Waals surface area contributed by atoms with Crippen LogP contribution in [0.1, 0.15) is 52.9 Å². The summed E-state index contributed by atoms with van der Waals surface area (Å²) >= 11 is 0. The van der Waals surface area contributed by atoms with E-state index < -0.39 is 5.60 Å². The van der Waals surface area contributed by atoms with Gasteiger partial charge in [-0.3, -0.25) is 0 Å². The van der Waals surface area contributed by atoms with Gasteiger partial charge in [-0.1, -0.05) is 0 Å². The standard InChI is InChI=1S/C13H24N2O3/c1-11(2,3)18-10(16)15-13(5-4-6-13)12(7-8-12)9-17-14/h4-9,14H2,1-3H3,(H,15,16). The second-order valence-corrected chi connectivity index (χ2v) is 6.65. The molecular weight excluding hydrogens is 232 g/mol. The Kier molecular flexibility index (Phi) is 3.32. The lowest BCUT2D eigenvalue weighted by Crippen LogP contribution is -2.61. The minimum atomic E-state index is -0.462. The Hall–Kier alpha value is -0.810. The Morgan fingerprint density at radius 2 is 1.89 bits per heavy atom. The molecule has 104 valence electrons. The Labute approximate surface area is 108 Å². The molecule has 0 aliphatic heterocycles. The molecule has 0 spiro atoms. The molecule has 5 heteroatoms. The average molecular weight is 256 g/mol. The van der Waals surface area contributed by atoms with Crippen LogP contribution in [-0.2, 0) is 9.57 Å². The second-order valence-electron chi connectivity index (χ2n) is 6.65. The minimum absolute atomic E-state index is 0.0386. The van der Waals surface area contributed by atoms with E-state index in [1.54, 1.807) is 0 Å². The van der Waals surface area contributed by atoms with Gasteiger partial charge in [-0.15, -0.1) is 0 Å². The molecule has 0 saturated heterocycles. The number of hydrogen-bond donors (Lipinski definition) is 2. The largest absolute Gasteiger partial charge is 0.444 e. The number of hydrogen-bond acceptors (Lipinski definition) is 4. The van der Waals surface area contributed by atoms with Crippen molar-refractivity contribution in [2.75, 3.05) is 6.61 Å². The number of amides is 1. The lowest BCUT2D eigenvalue weighted by Gasteiger charge is -2.48. The first kappa shape index (κ1) is 13.6. The van der Waals surface area contributed by atoms with Gasteiger partial charge in [0, 0.05) is 5.41 Å². The van der Waals surface area contributed by atoms with Gasteiger partial charge in [0.05, 0.1) is 12.1 Å². The first-order valence-corrected chi connectivity index (χ1v) is 6.65. The first-order chi connectivity index (χ1) is 8.33. The highest BCUT2D eigenvalue weighted by atomic mass is 16.6. The fourth-order valence-corrected chi connectivity index (χ4v) is 2.89. The van der Waals surface area contributed by atoms with Gasteiger partial charge >= 0.3 is 6.09 Å². The van der Waals surface area contributed by atoms with Crippen molar-refractivity contribution in [2.45, 2.75) is 64.0 Å². The van der Waals surface area contributed by atoms with Crippen LogP contribution in [0.25, 0.3) is 0 Å². The summed E-state index contributed by atoms with van der Waals surface area (Å²) in [6, 6.07) is 0. The Morgan fingerprint density at radius 3 is 2.22 bits per heavy atom. The van der Waals surface area contributed by atoms with Crippen LogP contribution in [0.2, 0.25) is 0 Å². The molecule has 0 unspecified atom stereocenters. The highest BCUT2D eigenvalue weighted by Gasteiger charge is 2.62. The maximum Gasteiger partial charge on any atom is 0.408 e. The third kappa shape index (κ3) is 2.47. The van der Waals surface area contributed by atoms with Crippen LogP contribution in [0.3, 0.4) is 0 Å². The van der Waals surface area contributed by atoms with Crippen LogP contribution >= 0.6 is 0 Å². The highest BCUT2D eigenvalue weighted by molar-refractivity contribution is 5.69. The number of nitrogens with two attached hydrogens (primary N) is 1. The summed E-state index contributed by atoms with van der Waals surface area (Å²) in [6.45, 7) is 6.13. The molecule has 0 aromatic carbocycles. The zero-order valence-corrected chi connectivity index (χ0v) is 11.5. The van der Waals surface area contributed by atoms with Crippen molar-refractivity contribution in [2.24, 2.45) is 11.3 Å². The topological polar surface area (TPSA) is 73.6 Å². The van der Waals surface area contributed by atoms with Gasteiger partial charge in [0.1, 0.15) is 5.60 Å². The van der Waals surface area contributed by atoms with Gasteiger partial charge in [-0.25, -0.2) is 10.7 Å². The van der Waals surface area contributed by atoms with Gasteiger partial charge < -0.3 is 14.9 Å². The molecule has 0 aromatic heterocycles. The van der Waals surface area contributed by atoms with Gasteiger partial charge in [0.25, 0.3) is 0 Å². The molecule has 2 fully saturated rings. The third-order valence-corrected chi connectivity index (χ3v) is 4.18. The molecule has 5 nitrogen and oxygen atoms in total. The normalized spacial score (nSPS) is 24.0. The van der Waals surface area contributed by atoms with Crippen LogP contribution < -0.4 is 11.2 Å². The van der Waals surface area contributed by atoms with E-state index in [0.29, 0.717) is 6.61 Å². The maximum absolute atomic E-state index is 11.9. The zero-order valence-electron chi connectivity index (χ0n) is 11.5. The average Bonchev–Trinajstić information content (AvgIpc) is 2.90. The summed E-state index contributed by atoms with van der Waals surface area (Å²) in [4.78, 5) is 16.8. The summed E-state index contributed by atoms with van der Waals surface area (Å²) in [5.74, 6) is 5.22. The van der Waals surface area contributed by atoms with E-state index in [0.717, 1.165) is 32.1 Å². The lowest BCUT2D eigenvalue weighted by molar-refractivity contribution is -0.0105. The van der Waals surface area contributed by atoms with Crippen molar-refractivity contribution >= 4 is 6.09 Å². The lowest BCUT2D eigenvalue weighted by atomic mass is 9.66. The van der Waals surface area contributed by atoms with Crippen molar-refractivity contribution in [1.29, 1.82) is 0 Å². The molecule has 0 heterocycles. The maximum atomic E-state index is 11.9. The van der Waals surface area contributed by atoms with E-state index in [1.165, 1.54) is 0 Å². The molecule has 1 amide bonds. The number of carbonyl (C=O) groups is 1. The summed E-state index contributed by atoms with van der Waals surface area (Å²) in [5.41, 5.74) is -0.582. The summed E-state index contributed by atoms with van der Waals surface area (Å²) < 4.78 is 5.35. The van der Waals surface area contributed by atoms with Crippen LogP contribution in [0.5, 0.6) is 0 Å². The predicted octanol–water partition coefficient (Wildman–Crippen LogP) is 2.10. The highest BCUT2D eigenvalue weighted by Crippen LogP contribution is 2.61. The van der Waals surface area contributed by atoms with Gasteiger partial charge in [0.15, 0.2) is 0 Å². The zero-order chi connectivity index (χ0) is 13.4. The van der Waals surface area contributed by atoms with Crippen molar-refractivity contribution in [3.63, 3.8) is 0 Å². The van der Waals surface area contributed by atoms with E-state index in [-0.39, 0.29) is 17.0 Å². The molecule has 18 heavy (non-hydrogen) atoms. The molecule has 0 aromatic rings. The third-order valence-electron chi connectivity index (χ3n) is 4.18. The van der Waals surface area contributed by atoms with Crippen molar-refractivity contribution in [1.82, 2.24) is 5.32 Å². The Balaban J connectivity index is 1.99. The van der Waals surface area contributed by atoms with E-state index in [1.807, 2.05) is 20.8 Å².